The van der Waals surface area contributed by atoms with Gasteiger partial charge in [0.2, 0.25) is 5.95 Å². The summed E-state index contributed by atoms with van der Waals surface area (Å²) in [5.74, 6) is -0.793. The van der Waals surface area contributed by atoms with Crippen LogP contribution in [0.25, 0.3) is 11.3 Å². The molecule has 0 bridgehead atoms. The van der Waals surface area contributed by atoms with E-state index < -0.39 is 17.6 Å². The van der Waals surface area contributed by atoms with Gasteiger partial charge in [-0.1, -0.05) is 25.1 Å². The van der Waals surface area contributed by atoms with Crippen molar-refractivity contribution in [3.8, 4) is 11.3 Å². The molecule has 1 heterocycles. The van der Waals surface area contributed by atoms with Crippen molar-refractivity contribution in [3.05, 3.63) is 41.8 Å². The number of alkyl halides is 3. The first-order chi connectivity index (χ1) is 9.93. The van der Waals surface area contributed by atoms with Crippen molar-refractivity contribution >= 4 is 5.95 Å². The Morgan fingerprint density at radius 3 is 2.57 bits per heavy atom. The molecule has 1 aromatic carbocycles. The van der Waals surface area contributed by atoms with Crippen molar-refractivity contribution in [3.63, 3.8) is 0 Å². The lowest BCUT2D eigenvalue weighted by atomic mass is 10.0. The molecule has 0 radical (unpaired) electrons. The summed E-state index contributed by atoms with van der Waals surface area (Å²) in [6.07, 6.45) is -2.92. The number of rotatable bonds is 4. The smallest absolute Gasteiger partial charge is 0.354 e. The van der Waals surface area contributed by atoms with Crippen LogP contribution >= 0.6 is 0 Å². The van der Waals surface area contributed by atoms with Crippen molar-refractivity contribution in [1.82, 2.24) is 9.97 Å². The summed E-state index contributed by atoms with van der Waals surface area (Å²) in [5, 5.41) is 2.82. The lowest BCUT2D eigenvalue weighted by Crippen LogP contribution is -2.10. The lowest BCUT2D eigenvalue weighted by Gasteiger charge is -2.13. The van der Waals surface area contributed by atoms with E-state index in [1.54, 1.807) is 0 Å². The van der Waals surface area contributed by atoms with Crippen LogP contribution in [0.15, 0.2) is 30.5 Å². The molecular weight excluding hydrogens is 286 g/mol. The fourth-order valence-electron chi connectivity index (χ4n) is 1.81. The first-order valence-electron chi connectivity index (χ1n) is 6.36. The third-order valence-electron chi connectivity index (χ3n) is 2.76. The molecule has 7 heteroatoms. The van der Waals surface area contributed by atoms with E-state index in [2.05, 4.69) is 15.3 Å². The summed E-state index contributed by atoms with van der Waals surface area (Å²) in [6.45, 7) is 2.46. The van der Waals surface area contributed by atoms with Crippen LogP contribution in [0.4, 0.5) is 23.5 Å². The van der Waals surface area contributed by atoms with Gasteiger partial charge in [0, 0.05) is 12.1 Å². The molecule has 3 nitrogen and oxygen atoms in total. The lowest BCUT2D eigenvalue weighted by molar-refractivity contribution is -0.137. The first-order valence-corrected chi connectivity index (χ1v) is 6.36. The van der Waals surface area contributed by atoms with E-state index >= 15 is 0 Å². The Balaban J connectivity index is 2.51. The Morgan fingerprint density at radius 2 is 1.90 bits per heavy atom. The van der Waals surface area contributed by atoms with Crippen molar-refractivity contribution in [1.29, 1.82) is 0 Å². The molecule has 21 heavy (non-hydrogen) atoms. The van der Waals surface area contributed by atoms with E-state index in [1.807, 2.05) is 6.92 Å². The predicted octanol–water partition coefficient (Wildman–Crippen LogP) is 4.12. The Labute approximate surface area is 119 Å². The van der Waals surface area contributed by atoms with Crippen LogP contribution < -0.4 is 5.32 Å². The van der Waals surface area contributed by atoms with Gasteiger partial charge in [-0.3, -0.25) is 0 Å². The highest BCUT2D eigenvalue weighted by Gasteiger charge is 2.34. The maximum absolute atomic E-state index is 13.8. The Hall–Kier alpha value is -2.18. The van der Waals surface area contributed by atoms with Gasteiger partial charge in [0.1, 0.15) is 5.69 Å². The van der Waals surface area contributed by atoms with Crippen LogP contribution in [-0.2, 0) is 6.18 Å². The van der Waals surface area contributed by atoms with Crippen molar-refractivity contribution in [2.45, 2.75) is 19.5 Å². The first kappa shape index (κ1) is 15.2. The Bertz CT molecular complexity index is 626. The summed E-state index contributed by atoms with van der Waals surface area (Å²) >= 11 is 0. The summed E-state index contributed by atoms with van der Waals surface area (Å²) < 4.78 is 52.8. The highest BCUT2D eigenvalue weighted by atomic mass is 19.4. The largest absolute Gasteiger partial charge is 0.417 e. The number of nitrogens with zero attached hydrogens (tertiary/aromatic N) is 2. The maximum Gasteiger partial charge on any atom is 0.417 e. The van der Waals surface area contributed by atoms with Crippen LogP contribution in [0.2, 0.25) is 0 Å². The van der Waals surface area contributed by atoms with Crippen LogP contribution in [0.1, 0.15) is 18.9 Å². The monoisotopic (exact) mass is 299 g/mol. The van der Waals surface area contributed by atoms with Crippen molar-refractivity contribution in [2.24, 2.45) is 0 Å². The molecule has 0 fully saturated rings. The van der Waals surface area contributed by atoms with Crippen LogP contribution in [0.3, 0.4) is 0 Å². The van der Waals surface area contributed by atoms with Crippen molar-refractivity contribution < 1.29 is 17.6 Å². The minimum Gasteiger partial charge on any atom is -0.354 e. The zero-order chi connectivity index (χ0) is 15.5. The number of halogens is 4. The second kappa shape index (κ2) is 6.07. The van der Waals surface area contributed by atoms with Gasteiger partial charge < -0.3 is 5.32 Å². The van der Waals surface area contributed by atoms with Crippen LogP contribution in [-0.4, -0.2) is 16.5 Å². The summed E-state index contributed by atoms with van der Waals surface area (Å²) in [5.41, 5.74) is -1.59. The molecule has 2 rings (SSSR count). The summed E-state index contributed by atoms with van der Waals surface area (Å²) in [4.78, 5) is 7.57. The molecule has 0 saturated carbocycles. The molecule has 0 aliphatic carbocycles. The zero-order valence-electron chi connectivity index (χ0n) is 11.2. The minimum absolute atomic E-state index is 0.102. The van der Waals surface area contributed by atoms with Gasteiger partial charge in [-0.05, 0) is 12.5 Å². The van der Waals surface area contributed by atoms with Gasteiger partial charge in [-0.2, -0.15) is 13.2 Å². The molecule has 1 aromatic heterocycles. The fourth-order valence-corrected chi connectivity index (χ4v) is 1.81. The molecule has 112 valence electrons. The third kappa shape index (κ3) is 3.48. The van der Waals surface area contributed by atoms with E-state index in [9.17, 15) is 17.6 Å². The second-order valence-corrected chi connectivity index (χ2v) is 4.36. The van der Waals surface area contributed by atoms with Crippen molar-refractivity contribution in [2.75, 3.05) is 11.9 Å². The molecule has 0 saturated heterocycles. The minimum atomic E-state index is -4.58. The molecule has 0 atom stereocenters. The maximum atomic E-state index is 13.8. The molecular formula is C14H13F4N3. The van der Waals surface area contributed by atoms with Gasteiger partial charge in [0.05, 0.1) is 11.8 Å². The number of nitrogens with one attached hydrogen (secondary N) is 1. The van der Waals surface area contributed by atoms with E-state index in [1.165, 1.54) is 18.2 Å². The highest BCUT2D eigenvalue weighted by Crippen LogP contribution is 2.37. The topological polar surface area (TPSA) is 37.8 Å². The van der Waals surface area contributed by atoms with E-state index in [0.29, 0.717) is 6.54 Å². The van der Waals surface area contributed by atoms with E-state index in [0.717, 1.165) is 18.7 Å². The second-order valence-electron chi connectivity index (χ2n) is 4.36. The van der Waals surface area contributed by atoms with E-state index in [-0.39, 0.29) is 17.2 Å². The van der Waals surface area contributed by atoms with Gasteiger partial charge in [0.15, 0.2) is 5.82 Å². The Morgan fingerprint density at radius 1 is 1.19 bits per heavy atom. The molecule has 1 N–H and O–H groups in total. The SMILES string of the molecule is CCCNc1ncc(F)c(-c2ccccc2C(F)(F)F)n1. The molecule has 0 aliphatic rings. The average Bonchev–Trinajstić information content (AvgIpc) is 2.45. The number of hydrogen-bond acceptors (Lipinski definition) is 3. The molecule has 0 amide bonds. The van der Waals surface area contributed by atoms with Gasteiger partial charge >= 0.3 is 6.18 Å². The number of hydrogen-bond donors (Lipinski definition) is 1. The Kier molecular flexibility index (Phi) is 4.40. The molecule has 0 spiro atoms. The van der Waals surface area contributed by atoms with Crippen LogP contribution in [0.5, 0.6) is 0 Å². The average molecular weight is 299 g/mol. The third-order valence-corrected chi connectivity index (χ3v) is 2.76. The standard InChI is InChI=1S/C14H13F4N3/c1-2-7-19-13-20-8-11(15)12(21-13)9-5-3-4-6-10(9)14(16,17)18/h3-6,8H,2,7H2,1H3,(H,19,20,21). The van der Waals surface area contributed by atoms with Crippen LogP contribution in [0, 0.1) is 5.82 Å². The quantitative estimate of drug-likeness (QED) is 0.863. The van der Waals surface area contributed by atoms with Gasteiger partial charge in [-0.25, -0.2) is 14.4 Å². The summed E-state index contributed by atoms with van der Waals surface area (Å²) in [7, 11) is 0. The number of benzene rings is 1. The number of anilines is 1. The highest BCUT2D eigenvalue weighted by molar-refractivity contribution is 5.65. The molecule has 0 unspecified atom stereocenters. The predicted molar refractivity (Wildman–Crippen MR) is 71.2 cm³/mol. The molecule has 0 aliphatic heterocycles. The summed E-state index contributed by atoms with van der Waals surface area (Å²) in [6, 6.07) is 4.75. The van der Waals surface area contributed by atoms with E-state index in [4.69, 9.17) is 0 Å². The fraction of sp³-hybridized carbons (Fsp3) is 0.286. The van der Waals surface area contributed by atoms with Gasteiger partial charge in [0.25, 0.3) is 0 Å². The zero-order valence-corrected chi connectivity index (χ0v) is 11.2. The number of aromatic nitrogens is 2. The molecule has 2 aromatic rings. The van der Waals surface area contributed by atoms with Gasteiger partial charge in [-0.15, -0.1) is 0 Å². The normalized spacial score (nSPS) is 11.5.